The molecule has 0 bridgehead atoms. The number of amides is 4. The third kappa shape index (κ3) is 2.90. The van der Waals surface area contributed by atoms with Crippen LogP contribution in [0.25, 0.3) is 0 Å². The highest BCUT2D eigenvalue weighted by molar-refractivity contribution is 6.04. The van der Waals surface area contributed by atoms with E-state index in [2.05, 4.69) is 0 Å². The van der Waals surface area contributed by atoms with Crippen LogP contribution in [0.1, 0.15) is 37.2 Å². The number of furan rings is 1. The number of imide groups is 1. The second kappa shape index (κ2) is 5.65. The molecule has 0 radical (unpaired) electrons. The largest absolute Gasteiger partial charge is 0.464 e. The van der Waals surface area contributed by atoms with Crippen molar-refractivity contribution in [3.05, 3.63) is 23.7 Å². The summed E-state index contributed by atoms with van der Waals surface area (Å²) in [6.07, 6.45) is 3.82. The standard InChI is InChI=1S/C17H21N3O4/c1-11-2-7-14(24-11)8-18(12-3-4-12)15(21)10-20-16(22)9-19(17(20)23)13-5-6-13/h2,7,12-13H,3-6,8-10H2,1H3. The van der Waals surface area contributed by atoms with Gasteiger partial charge in [0.25, 0.3) is 5.91 Å². The molecule has 2 saturated carbocycles. The molecular formula is C17H21N3O4. The van der Waals surface area contributed by atoms with E-state index in [-0.39, 0.29) is 43.0 Å². The second-order valence-corrected chi connectivity index (χ2v) is 6.89. The predicted octanol–water partition coefficient (Wildman–Crippen LogP) is 1.51. The molecule has 128 valence electrons. The number of nitrogens with zero attached hydrogens (tertiary/aromatic N) is 3. The zero-order valence-corrected chi connectivity index (χ0v) is 13.7. The highest BCUT2D eigenvalue weighted by Gasteiger charge is 2.45. The van der Waals surface area contributed by atoms with Crippen LogP contribution in [0, 0.1) is 6.92 Å². The van der Waals surface area contributed by atoms with Gasteiger partial charge in [0.1, 0.15) is 24.6 Å². The Bertz CT molecular complexity index is 690. The van der Waals surface area contributed by atoms with Gasteiger partial charge in [-0.1, -0.05) is 0 Å². The van der Waals surface area contributed by atoms with E-state index in [0.29, 0.717) is 6.54 Å². The number of urea groups is 1. The van der Waals surface area contributed by atoms with Crippen LogP contribution in [0.2, 0.25) is 0 Å². The van der Waals surface area contributed by atoms with E-state index < -0.39 is 0 Å². The van der Waals surface area contributed by atoms with E-state index in [1.807, 2.05) is 19.1 Å². The Morgan fingerprint density at radius 2 is 2.00 bits per heavy atom. The van der Waals surface area contributed by atoms with Crippen molar-refractivity contribution in [2.75, 3.05) is 13.1 Å². The molecule has 7 nitrogen and oxygen atoms in total. The maximum Gasteiger partial charge on any atom is 0.327 e. The van der Waals surface area contributed by atoms with E-state index in [0.717, 1.165) is 42.1 Å². The normalized spacial score (nSPS) is 20.9. The summed E-state index contributed by atoms with van der Waals surface area (Å²) in [4.78, 5) is 41.6. The van der Waals surface area contributed by atoms with E-state index in [1.54, 1.807) is 9.80 Å². The number of carbonyl (C=O) groups excluding carboxylic acids is 3. The van der Waals surface area contributed by atoms with Gasteiger partial charge in [-0.3, -0.25) is 14.5 Å². The van der Waals surface area contributed by atoms with Crippen molar-refractivity contribution >= 4 is 17.8 Å². The summed E-state index contributed by atoms with van der Waals surface area (Å²) in [7, 11) is 0. The number of hydrogen-bond acceptors (Lipinski definition) is 4. The van der Waals surface area contributed by atoms with Crippen LogP contribution in [0.5, 0.6) is 0 Å². The van der Waals surface area contributed by atoms with Crippen molar-refractivity contribution in [3.63, 3.8) is 0 Å². The molecule has 1 aliphatic heterocycles. The summed E-state index contributed by atoms with van der Waals surface area (Å²) in [5.41, 5.74) is 0. The lowest BCUT2D eigenvalue weighted by Crippen LogP contribution is -2.44. The van der Waals surface area contributed by atoms with Crippen molar-refractivity contribution in [1.82, 2.24) is 14.7 Å². The molecule has 0 spiro atoms. The van der Waals surface area contributed by atoms with Crippen LogP contribution in [0.4, 0.5) is 4.79 Å². The van der Waals surface area contributed by atoms with Gasteiger partial charge in [-0.2, -0.15) is 0 Å². The van der Waals surface area contributed by atoms with Gasteiger partial charge >= 0.3 is 6.03 Å². The van der Waals surface area contributed by atoms with Gasteiger partial charge in [0, 0.05) is 12.1 Å². The lowest BCUT2D eigenvalue weighted by molar-refractivity contribution is -0.137. The van der Waals surface area contributed by atoms with Crippen molar-refractivity contribution in [1.29, 1.82) is 0 Å². The Hall–Kier alpha value is -2.31. The van der Waals surface area contributed by atoms with E-state index in [4.69, 9.17) is 4.42 Å². The van der Waals surface area contributed by atoms with Gasteiger partial charge in [-0.15, -0.1) is 0 Å². The molecule has 1 aromatic rings. The van der Waals surface area contributed by atoms with Gasteiger partial charge in [-0.25, -0.2) is 4.79 Å². The average Bonchev–Trinajstić information content (AvgIpc) is 3.46. The summed E-state index contributed by atoms with van der Waals surface area (Å²) >= 11 is 0. The molecule has 0 aromatic carbocycles. The molecular weight excluding hydrogens is 310 g/mol. The minimum absolute atomic E-state index is 0.109. The van der Waals surface area contributed by atoms with Gasteiger partial charge in [-0.05, 0) is 44.7 Å². The maximum atomic E-state index is 12.7. The molecule has 1 aromatic heterocycles. The average molecular weight is 331 g/mol. The Labute approximate surface area is 140 Å². The summed E-state index contributed by atoms with van der Waals surface area (Å²) in [5, 5.41) is 0. The van der Waals surface area contributed by atoms with Gasteiger partial charge < -0.3 is 14.2 Å². The third-order valence-electron chi connectivity index (χ3n) is 4.79. The molecule has 4 amide bonds. The van der Waals surface area contributed by atoms with Crippen LogP contribution in [0.15, 0.2) is 16.5 Å². The monoisotopic (exact) mass is 331 g/mol. The number of hydrogen-bond donors (Lipinski definition) is 0. The first-order valence-electron chi connectivity index (χ1n) is 8.48. The van der Waals surface area contributed by atoms with E-state index in [1.165, 1.54) is 0 Å². The molecule has 4 rings (SSSR count). The summed E-state index contributed by atoms with van der Waals surface area (Å²) in [6, 6.07) is 3.79. The molecule has 7 heteroatoms. The maximum absolute atomic E-state index is 12.7. The molecule has 1 saturated heterocycles. The van der Waals surface area contributed by atoms with Crippen molar-refractivity contribution < 1.29 is 18.8 Å². The smallest absolute Gasteiger partial charge is 0.327 e. The third-order valence-corrected chi connectivity index (χ3v) is 4.79. The van der Waals surface area contributed by atoms with Gasteiger partial charge in [0.05, 0.1) is 6.54 Å². The van der Waals surface area contributed by atoms with Gasteiger partial charge in [0.2, 0.25) is 5.91 Å². The van der Waals surface area contributed by atoms with E-state index in [9.17, 15) is 14.4 Å². The Kier molecular flexibility index (Phi) is 3.58. The van der Waals surface area contributed by atoms with Crippen LogP contribution in [-0.2, 0) is 16.1 Å². The molecule has 0 atom stereocenters. The van der Waals surface area contributed by atoms with Crippen molar-refractivity contribution in [2.45, 2.75) is 51.2 Å². The Balaban J connectivity index is 1.43. The Morgan fingerprint density at radius 3 is 2.58 bits per heavy atom. The highest BCUT2D eigenvalue weighted by atomic mass is 16.3. The van der Waals surface area contributed by atoms with Crippen LogP contribution in [-0.4, -0.2) is 57.7 Å². The summed E-state index contributed by atoms with van der Waals surface area (Å²) in [5.74, 6) is 1.07. The van der Waals surface area contributed by atoms with Crippen molar-refractivity contribution in [2.24, 2.45) is 0 Å². The first-order chi connectivity index (χ1) is 11.5. The number of aryl methyl sites for hydroxylation is 1. The molecule has 3 fully saturated rings. The van der Waals surface area contributed by atoms with Gasteiger partial charge in [0.15, 0.2) is 0 Å². The molecule has 0 unspecified atom stereocenters. The zero-order valence-electron chi connectivity index (χ0n) is 13.7. The minimum atomic E-state index is -0.319. The number of rotatable bonds is 6. The molecule has 0 N–H and O–H groups in total. The SMILES string of the molecule is Cc1ccc(CN(C(=O)CN2C(=O)CN(C3CC3)C2=O)C2CC2)o1. The molecule has 24 heavy (non-hydrogen) atoms. The molecule has 2 aliphatic carbocycles. The van der Waals surface area contributed by atoms with Crippen LogP contribution >= 0.6 is 0 Å². The van der Waals surface area contributed by atoms with Crippen LogP contribution in [0.3, 0.4) is 0 Å². The number of carbonyl (C=O) groups is 3. The topological polar surface area (TPSA) is 74.1 Å². The Morgan fingerprint density at radius 1 is 1.25 bits per heavy atom. The van der Waals surface area contributed by atoms with Crippen LogP contribution < -0.4 is 0 Å². The lowest BCUT2D eigenvalue weighted by atomic mass is 10.3. The fourth-order valence-electron chi connectivity index (χ4n) is 3.16. The van der Waals surface area contributed by atoms with Crippen molar-refractivity contribution in [3.8, 4) is 0 Å². The predicted molar refractivity (Wildman–Crippen MR) is 83.9 cm³/mol. The fourth-order valence-corrected chi connectivity index (χ4v) is 3.16. The zero-order chi connectivity index (χ0) is 16.8. The van der Waals surface area contributed by atoms with E-state index >= 15 is 0 Å². The summed E-state index contributed by atoms with van der Waals surface area (Å²) in [6.45, 7) is 2.19. The first kappa shape index (κ1) is 15.2. The minimum Gasteiger partial charge on any atom is -0.464 e. The molecule has 2 heterocycles. The fraction of sp³-hybridized carbons (Fsp3) is 0.588. The quantitative estimate of drug-likeness (QED) is 0.741. The highest BCUT2D eigenvalue weighted by Crippen LogP contribution is 2.31. The summed E-state index contributed by atoms with van der Waals surface area (Å²) < 4.78 is 5.56. The second-order valence-electron chi connectivity index (χ2n) is 6.89. The lowest BCUT2D eigenvalue weighted by Gasteiger charge is -2.24. The molecule has 3 aliphatic rings. The first-order valence-corrected chi connectivity index (χ1v) is 8.48.